The average molecular weight is 425 g/mol. The highest BCUT2D eigenvalue weighted by atomic mass is 32.2. The van der Waals surface area contributed by atoms with E-state index in [9.17, 15) is 13.2 Å². The van der Waals surface area contributed by atoms with Crippen molar-refractivity contribution in [2.24, 2.45) is 0 Å². The smallest absolute Gasteiger partial charge is 0.407 e. The van der Waals surface area contributed by atoms with Crippen LogP contribution in [0.2, 0.25) is 0 Å². The van der Waals surface area contributed by atoms with Crippen LogP contribution in [0.15, 0.2) is 89.8 Å². The summed E-state index contributed by atoms with van der Waals surface area (Å²) < 4.78 is 33.9. The molecule has 3 aromatic rings. The number of aryl methyl sites for hydroxylation is 1. The fourth-order valence-electron chi connectivity index (χ4n) is 3.15. The highest BCUT2D eigenvalue weighted by molar-refractivity contribution is 7.89. The number of sulfonamides is 1. The van der Waals surface area contributed by atoms with E-state index in [1.54, 1.807) is 24.3 Å². The molecule has 0 aliphatic rings. The average Bonchev–Trinajstić information content (AvgIpc) is 2.77. The molecule has 0 aromatic heterocycles. The lowest BCUT2D eigenvalue weighted by molar-refractivity contribution is 0.164. The van der Waals surface area contributed by atoms with Gasteiger partial charge in [-0.05, 0) is 30.2 Å². The third-order valence-electron chi connectivity index (χ3n) is 4.72. The number of ether oxygens (including phenoxy) is 1. The highest BCUT2D eigenvalue weighted by Crippen LogP contribution is 2.31. The lowest BCUT2D eigenvalue weighted by Crippen LogP contribution is -2.40. The van der Waals surface area contributed by atoms with Crippen LogP contribution in [0.1, 0.15) is 28.8 Å². The Morgan fingerprint density at radius 2 is 1.30 bits per heavy atom. The van der Waals surface area contributed by atoms with Crippen LogP contribution < -0.4 is 10.0 Å². The molecule has 0 heterocycles. The topological polar surface area (TPSA) is 84.5 Å². The summed E-state index contributed by atoms with van der Waals surface area (Å²) in [7, 11) is -2.59. The molecule has 2 atom stereocenters. The van der Waals surface area contributed by atoms with Crippen LogP contribution in [0.4, 0.5) is 4.79 Å². The quantitative estimate of drug-likeness (QED) is 0.598. The molecule has 6 nitrogen and oxygen atoms in total. The molecule has 0 radical (unpaired) electrons. The molecule has 0 bridgehead atoms. The molecule has 0 saturated heterocycles. The van der Waals surface area contributed by atoms with E-state index in [1.165, 1.54) is 7.11 Å². The van der Waals surface area contributed by atoms with E-state index in [4.69, 9.17) is 4.74 Å². The van der Waals surface area contributed by atoms with Crippen molar-refractivity contribution >= 4 is 16.1 Å². The van der Waals surface area contributed by atoms with Crippen molar-refractivity contribution in [3.05, 3.63) is 102 Å². The number of carbonyl (C=O) groups is 1. The van der Waals surface area contributed by atoms with Crippen molar-refractivity contribution in [1.82, 2.24) is 10.0 Å². The second-order valence-electron chi connectivity index (χ2n) is 6.85. The van der Waals surface area contributed by atoms with Crippen molar-refractivity contribution in [3.63, 3.8) is 0 Å². The lowest BCUT2D eigenvalue weighted by Gasteiger charge is -2.29. The second kappa shape index (κ2) is 9.56. The Kier molecular flexibility index (Phi) is 6.87. The van der Waals surface area contributed by atoms with E-state index >= 15 is 0 Å². The highest BCUT2D eigenvalue weighted by Gasteiger charge is 2.31. The third-order valence-corrected chi connectivity index (χ3v) is 6.18. The Balaban J connectivity index is 2.06. The summed E-state index contributed by atoms with van der Waals surface area (Å²) in [6.07, 6.45) is -0.653. The maximum atomic E-state index is 13.2. The first-order valence-corrected chi connectivity index (χ1v) is 10.9. The van der Waals surface area contributed by atoms with Gasteiger partial charge in [0.1, 0.15) is 0 Å². The van der Waals surface area contributed by atoms with Gasteiger partial charge >= 0.3 is 6.09 Å². The molecule has 2 N–H and O–H groups in total. The van der Waals surface area contributed by atoms with Gasteiger partial charge in [0.15, 0.2) is 0 Å². The van der Waals surface area contributed by atoms with Crippen molar-refractivity contribution in [2.45, 2.75) is 23.9 Å². The number of amides is 1. The van der Waals surface area contributed by atoms with Gasteiger partial charge in [0.25, 0.3) is 0 Å². The molecular formula is C23H24N2O4S. The van der Waals surface area contributed by atoms with Gasteiger partial charge in [-0.2, -0.15) is 0 Å². The van der Waals surface area contributed by atoms with Gasteiger partial charge in [-0.3, -0.25) is 0 Å². The Morgan fingerprint density at radius 1 is 0.800 bits per heavy atom. The van der Waals surface area contributed by atoms with Gasteiger partial charge in [0.2, 0.25) is 10.0 Å². The minimum absolute atomic E-state index is 0.152. The van der Waals surface area contributed by atoms with Crippen LogP contribution in [-0.2, 0) is 14.8 Å². The molecule has 30 heavy (non-hydrogen) atoms. The van der Waals surface area contributed by atoms with E-state index in [0.29, 0.717) is 5.56 Å². The number of methoxy groups -OCH3 is 1. The van der Waals surface area contributed by atoms with E-state index < -0.39 is 28.2 Å². The van der Waals surface area contributed by atoms with Gasteiger partial charge in [0.05, 0.1) is 24.1 Å². The fraction of sp³-hybridized carbons (Fsp3) is 0.174. The summed E-state index contributed by atoms with van der Waals surface area (Å²) in [5.74, 6) is 0. The van der Waals surface area contributed by atoms with Gasteiger partial charge in [-0.25, -0.2) is 17.9 Å². The maximum absolute atomic E-state index is 13.2. The number of carbonyl (C=O) groups excluding carboxylic acids is 1. The maximum Gasteiger partial charge on any atom is 0.407 e. The number of rotatable bonds is 7. The van der Waals surface area contributed by atoms with Gasteiger partial charge in [-0.15, -0.1) is 0 Å². The lowest BCUT2D eigenvalue weighted by atomic mass is 9.94. The number of benzene rings is 3. The van der Waals surface area contributed by atoms with Crippen LogP contribution in [0.3, 0.4) is 0 Å². The summed E-state index contributed by atoms with van der Waals surface area (Å²) >= 11 is 0. The molecular weight excluding hydrogens is 400 g/mol. The molecule has 156 valence electrons. The molecule has 0 aliphatic carbocycles. The standard InChI is InChI=1S/C23H24N2O4S/c1-17-13-15-20(16-14-17)30(27,28)25-22(19-11-7-4-8-12-19)21(24-23(26)29-2)18-9-5-3-6-10-18/h3-16,21-22,25H,1-2H3,(H,24,26)/t21-,22?/m1/s1. The Morgan fingerprint density at radius 3 is 1.80 bits per heavy atom. The zero-order valence-corrected chi connectivity index (χ0v) is 17.6. The predicted molar refractivity (Wildman–Crippen MR) is 115 cm³/mol. The van der Waals surface area contributed by atoms with Crippen LogP contribution in [0.25, 0.3) is 0 Å². The number of hydrogen-bond acceptors (Lipinski definition) is 4. The third kappa shape index (κ3) is 5.25. The first kappa shape index (κ1) is 21.5. The van der Waals surface area contributed by atoms with E-state index in [-0.39, 0.29) is 4.90 Å². The van der Waals surface area contributed by atoms with Crippen LogP contribution in [0.5, 0.6) is 0 Å². The van der Waals surface area contributed by atoms with E-state index in [2.05, 4.69) is 10.0 Å². The molecule has 3 rings (SSSR count). The normalized spacial score (nSPS) is 13.3. The molecule has 3 aromatic carbocycles. The number of alkyl carbamates (subject to hydrolysis) is 1. The van der Waals surface area contributed by atoms with Crippen LogP contribution in [-0.4, -0.2) is 21.6 Å². The molecule has 0 aliphatic heterocycles. The zero-order valence-electron chi connectivity index (χ0n) is 16.8. The summed E-state index contributed by atoms with van der Waals surface area (Å²) in [6, 6.07) is 23.5. The molecule has 0 spiro atoms. The molecule has 7 heteroatoms. The largest absolute Gasteiger partial charge is 0.453 e. The van der Waals surface area contributed by atoms with Crippen molar-refractivity contribution in [2.75, 3.05) is 7.11 Å². The minimum atomic E-state index is -3.86. The van der Waals surface area contributed by atoms with Gasteiger partial charge in [-0.1, -0.05) is 78.4 Å². The van der Waals surface area contributed by atoms with Crippen LogP contribution in [0, 0.1) is 6.92 Å². The second-order valence-corrected chi connectivity index (χ2v) is 8.56. The molecule has 0 saturated carbocycles. The summed E-state index contributed by atoms with van der Waals surface area (Å²) in [5.41, 5.74) is 2.41. The van der Waals surface area contributed by atoms with E-state index in [0.717, 1.165) is 11.1 Å². The van der Waals surface area contributed by atoms with Gasteiger partial charge in [0, 0.05) is 0 Å². The van der Waals surface area contributed by atoms with Crippen molar-refractivity contribution in [1.29, 1.82) is 0 Å². The minimum Gasteiger partial charge on any atom is -0.453 e. The van der Waals surface area contributed by atoms with E-state index in [1.807, 2.05) is 67.6 Å². The van der Waals surface area contributed by atoms with Crippen LogP contribution >= 0.6 is 0 Å². The summed E-state index contributed by atoms with van der Waals surface area (Å²) in [4.78, 5) is 12.2. The molecule has 1 amide bonds. The predicted octanol–water partition coefficient (Wildman–Crippen LogP) is 4.11. The summed E-state index contributed by atoms with van der Waals surface area (Å²) in [6.45, 7) is 1.89. The van der Waals surface area contributed by atoms with Crippen molar-refractivity contribution in [3.8, 4) is 0 Å². The first-order chi connectivity index (χ1) is 14.4. The Hall–Kier alpha value is -3.16. The molecule has 0 fully saturated rings. The van der Waals surface area contributed by atoms with Crippen molar-refractivity contribution < 1.29 is 17.9 Å². The SMILES string of the molecule is COC(=O)N[C@H](c1ccccc1)C(NS(=O)(=O)c1ccc(C)cc1)c1ccccc1. The fourth-order valence-corrected chi connectivity index (χ4v) is 4.38. The Labute approximate surface area is 177 Å². The van der Waals surface area contributed by atoms with Gasteiger partial charge < -0.3 is 10.1 Å². The zero-order chi connectivity index (χ0) is 21.6. The monoisotopic (exact) mass is 424 g/mol. The number of hydrogen-bond donors (Lipinski definition) is 2. The molecule has 1 unspecified atom stereocenters. The Bertz CT molecular complexity index is 1070. The first-order valence-electron chi connectivity index (χ1n) is 9.44. The summed E-state index contributed by atoms with van der Waals surface area (Å²) in [5, 5.41) is 2.78. The number of nitrogens with one attached hydrogen (secondary N) is 2.